The quantitative estimate of drug-likeness (QED) is 0.188. The van der Waals surface area contributed by atoms with Crippen LogP contribution in [0.4, 0.5) is 0 Å². The molecular weight excluding hydrogens is 516 g/mol. The maximum atomic E-state index is 2.31. The summed E-state index contributed by atoms with van der Waals surface area (Å²) in [4.78, 5) is 0. The van der Waals surface area contributed by atoms with E-state index in [-0.39, 0.29) is 0 Å². The Morgan fingerprint density at radius 1 is 0.279 bits per heavy atom. The Kier molecular flexibility index (Phi) is 6.31. The Morgan fingerprint density at radius 3 is 1.33 bits per heavy atom. The van der Waals surface area contributed by atoms with Crippen LogP contribution in [-0.4, -0.2) is 0 Å². The van der Waals surface area contributed by atoms with Gasteiger partial charge in [0.15, 0.2) is 0 Å². The molecule has 0 radical (unpaired) electrons. The minimum atomic E-state index is 0.861. The molecule has 0 aliphatic heterocycles. The van der Waals surface area contributed by atoms with Gasteiger partial charge in [-0.1, -0.05) is 170 Å². The van der Waals surface area contributed by atoms with Crippen LogP contribution >= 0.6 is 0 Å². The highest BCUT2D eigenvalue weighted by Gasteiger charge is 2.18. The third-order valence-corrected chi connectivity index (χ3v) is 8.79. The van der Waals surface area contributed by atoms with Gasteiger partial charge < -0.3 is 0 Å². The Bertz CT molecular complexity index is 2180. The monoisotopic (exact) mass is 546 g/mol. The van der Waals surface area contributed by atoms with Gasteiger partial charge in [0.1, 0.15) is 0 Å². The molecule has 0 atom stereocenters. The Labute approximate surface area is 252 Å². The van der Waals surface area contributed by atoms with E-state index in [4.69, 9.17) is 0 Å². The van der Waals surface area contributed by atoms with Gasteiger partial charge in [-0.25, -0.2) is 0 Å². The topological polar surface area (TPSA) is 0 Å². The normalized spacial score (nSPS) is 11.3. The second-order valence-corrected chi connectivity index (χ2v) is 11.2. The lowest BCUT2D eigenvalue weighted by Gasteiger charge is -2.20. The van der Waals surface area contributed by atoms with Gasteiger partial charge in [-0.2, -0.15) is 0 Å². The molecule has 0 fully saturated rings. The van der Waals surface area contributed by atoms with Crippen molar-refractivity contribution in [3.63, 3.8) is 0 Å². The van der Waals surface area contributed by atoms with Crippen molar-refractivity contribution >= 4 is 32.3 Å². The number of benzene rings is 8. The first-order chi connectivity index (χ1) is 21.4. The number of rotatable bonds is 5. The Hall–Kier alpha value is -5.46. The summed E-state index contributed by atoms with van der Waals surface area (Å²) in [6, 6.07) is 61.8. The minimum absolute atomic E-state index is 0.861. The van der Waals surface area contributed by atoms with Crippen LogP contribution in [0.15, 0.2) is 170 Å². The van der Waals surface area contributed by atoms with E-state index in [2.05, 4.69) is 170 Å². The molecule has 0 aliphatic carbocycles. The lowest BCUT2D eigenvalue weighted by Crippen LogP contribution is -1.97. The molecule has 0 heterocycles. The molecule has 0 N–H and O–H groups in total. The van der Waals surface area contributed by atoms with Crippen LogP contribution in [0, 0.1) is 0 Å². The van der Waals surface area contributed by atoms with E-state index < -0.39 is 0 Å². The van der Waals surface area contributed by atoms with Gasteiger partial charge in [0, 0.05) is 0 Å². The van der Waals surface area contributed by atoms with Gasteiger partial charge >= 0.3 is 0 Å². The zero-order valence-electron chi connectivity index (χ0n) is 23.9. The molecule has 0 saturated heterocycles. The van der Waals surface area contributed by atoms with Gasteiger partial charge in [-0.05, 0) is 83.2 Å². The summed E-state index contributed by atoms with van der Waals surface area (Å²) < 4.78 is 0. The zero-order valence-corrected chi connectivity index (χ0v) is 23.9. The van der Waals surface area contributed by atoms with E-state index in [1.807, 2.05) is 0 Å². The second-order valence-electron chi connectivity index (χ2n) is 11.2. The zero-order chi connectivity index (χ0) is 28.6. The van der Waals surface area contributed by atoms with Gasteiger partial charge in [0.25, 0.3) is 0 Å². The fourth-order valence-corrected chi connectivity index (χ4v) is 6.86. The molecule has 202 valence electrons. The molecule has 0 unspecified atom stereocenters. The van der Waals surface area contributed by atoms with Crippen LogP contribution < -0.4 is 0 Å². The molecule has 0 bridgehead atoms. The third kappa shape index (κ3) is 4.40. The van der Waals surface area contributed by atoms with Gasteiger partial charge in [0.2, 0.25) is 0 Å². The summed E-state index contributed by atoms with van der Waals surface area (Å²) in [5.41, 5.74) is 10.4. The molecule has 0 nitrogen and oxygen atoms in total. The van der Waals surface area contributed by atoms with Crippen LogP contribution in [0.5, 0.6) is 0 Å². The van der Waals surface area contributed by atoms with Gasteiger partial charge in [-0.15, -0.1) is 0 Å². The molecule has 0 amide bonds. The van der Waals surface area contributed by atoms with E-state index >= 15 is 0 Å². The fraction of sp³-hybridized carbons (Fsp3) is 0.0233. The summed E-state index contributed by atoms with van der Waals surface area (Å²) in [7, 11) is 0. The molecule has 8 aromatic rings. The maximum absolute atomic E-state index is 2.31. The summed E-state index contributed by atoms with van der Waals surface area (Å²) >= 11 is 0. The van der Waals surface area contributed by atoms with Crippen molar-refractivity contribution in [2.45, 2.75) is 6.42 Å². The van der Waals surface area contributed by atoms with Gasteiger partial charge in [0.05, 0.1) is 0 Å². The second kappa shape index (κ2) is 10.7. The first kappa shape index (κ1) is 25.3. The van der Waals surface area contributed by atoms with Crippen LogP contribution in [0.25, 0.3) is 65.7 Å². The average molecular weight is 547 g/mol. The first-order valence-electron chi connectivity index (χ1n) is 15.0. The van der Waals surface area contributed by atoms with Crippen LogP contribution in [-0.2, 0) is 6.42 Å². The lowest BCUT2D eigenvalue weighted by molar-refractivity contribution is 1.23. The van der Waals surface area contributed by atoms with Crippen molar-refractivity contribution in [1.82, 2.24) is 0 Å². The highest BCUT2D eigenvalue weighted by molar-refractivity contribution is 6.19. The molecule has 0 heteroatoms. The van der Waals surface area contributed by atoms with E-state index in [0.29, 0.717) is 0 Å². The minimum Gasteiger partial charge on any atom is -0.0622 e. The van der Waals surface area contributed by atoms with E-state index in [9.17, 15) is 0 Å². The summed E-state index contributed by atoms with van der Waals surface area (Å²) in [6.07, 6.45) is 0.861. The van der Waals surface area contributed by atoms with Crippen molar-refractivity contribution in [1.29, 1.82) is 0 Å². The molecule has 0 spiro atoms. The van der Waals surface area contributed by atoms with Gasteiger partial charge in [-0.3, -0.25) is 0 Å². The summed E-state index contributed by atoms with van der Waals surface area (Å²) in [5.74, 6) is 0. The van der Waals surface area contributed by atoms with E-state index in [1.165, 1.54) is 76.8 Å². The third-order valence-electron chi connectivity index (χ3n) is 8.79. The smallest absolute Gasteiger partial charge is 0.000728 e. The predicted octanol–water partition coefficient (Wildman–Crippen LogP) is 11.7. The van der Waals surface area contributed by atoms with Crippen molar-refractivity contribution in [3.05, 3.63) is 181 Å². The van der Waals surface area contributed by atoms with E-state index in [1.54, 1.807) is 0 Å². The van der Waals surface area contributed by atoms with Crippen molar-refractivity contribution in [3.8, 4) is 33.4 Å². The molecule has 0 saturated carbocycles. The Morgan fingerprint density at radius 2 is 0.698 bits per heavy atom. The predicted molar refractivity (Wildman–Crippen MR) is 185 cm³/mol. The summed E-state index contributed by atoms with van der Waals surface area (Å²) in [5, 5.41) is 7.78. The average Bonchev–Trinajstić information content (AvgIpc) is 3.09. The van der Waals surface area contributed by atoms with E-state index in [0.717, 1.165) is 6.42 Å². The SMILES string of the molecule is c1ccc(-c2ccccc2Cc2c3ccccc3c(-c3cccc4c(-c5ccccc5)cccc34)c3ccccc23)cc1. The van der Waals surface area contributed by atoms with Crippen LogP contribution in [0.2, 0.25) is 0 Å². The molecular formula is C43H30. The molecule has 0 aromatic heterocycles. The largest absolute Gasteiger partial charge is 0.0622 e. The lowest BCUT2D eigenvalue weighted by atomic mass is 9.83. The van der Waals surface area contributed by atoms with Crippen LogP contribution in [0.3, 0.4) is 0 Å². The van der Waals surface area contributed by atoms with Crippen molar-refractivity contribution in [2.75, 3.05) is 0 Å². The van der Waals surface area contributed by atoms with Crippen molar-refractivity contribution < 1.29 is 0 Å². The summed E-state index contributed by atoms with van der Waals surface area (Å²) in [6.45, 7) is 0. The molecule has 8 rings (SSSR count). The molecule has 43 heavy (non-hydrogen) atoms. The fourth-order valence-electron chi connectivity index (χ4n) is 6.86. The molecule has 0 aliphatic rings. The Balaban J connectivity index is 1.39. The first-order valence-corrected chi connectivity index (χ1v) is 15.0. The van der Waals surface area contributed by atoms with Crippen LogP contribution in [0.1, 0.15) is 11.1 Å². The maximum Gasteiger partial charge on any atom is -0.000728 e. The molecule has 8 aromatic carbocycles. The number of fused-ring (bicyclic) bond motifs is 3. The standard InChI is InChI=1S/C43H30/c1-3-15-30(16-4-1)33-20-8-7-19-32(33)29-42-37-21-9-11-23-39(37)43(40-24-12-10-22-38(40)42)41-28-14-26-35-34(25-13-27-36(35)41)31-17-5-2-6-18-31/h1-28H,29H2. The number of hydrogen-bond donors (Lipinski definition) is 0. The highest BCUT2D eigenvalue weighted by atomic mass is 14.2. The highest BCUT2D eigenvalue weighted by Crippen LogP contribution is 2.44. The van der Waals surface area contributed by atoms with Crippen molar-refractivity contribution in [2.24, 2.45) is 0 Å². The number of hydrogen-bond acceptors (Lipinski definition) is 0.